The van der Waals surface area contributed by atoms with Crippen LogP contribution in [0.5, 0.6) is 0 Å². The van der Waals surface area contributed by atoms with Crippen molar-refractivity contribution in [2.75, 3.05) is 44.3 Å². The third kappa shape index (κ3) is 2.62. The van der Waals surface area contributed by atoms with Crippen molar-refractivity contribution < 1.29 is 4.79 Å². The number of nitrogens with one attached hydrogen (secondary N) is 2. The van der Waals surface area contributed by atoms with Gasteiger partial charge < -0.3 is 21.3 Å². The van der Waals surface area contributed by atoms with Gasteiger partial charge in [-0.3, -0.25) is 4.79 Å². The molecule has 1 spiro atoms. The monoisotopic (exact) mass is 337 g/mol. The number of nitrogens with two attached hydrogens (primary N) is 1. The van der Waals surface area contributed by atoms with Gasteiger partial charge in [-0.15, -0.1) is 0 Å². The lowest BCUT2D eigenvalue weighted by molar-refractivity contribution is -0.0247. The number of rotatable bonds is 3. The average molecular weight is 337 g/mol. The van der Waals surface area contributed by atoms with Crippen LogP contribution in [0, 0.1) is 12.3 Å². The summed E-state index contributed by atoms with van der Waals surface area (Å²) in [6.45, 7) is 5.66. The van der Waals surface area contributed by atoms with Gasteiger partial charge in [0.25, 0.3) is 5.91 Å². The lowest BCUT2D eigenvalue weighted by atomic mass is 9.74. The quantitative estimate of drug-likeness (QED) is 0.794. The van der Waals surface area contributed by atoms with Gasteiger partial charge in [-0.25, -0.2) is 4.98 Å². The van der Waals surface area contributed by atoms with E-state index in [1.807, 2.05) is 30.1 Å². The van der Waals surface area contributed by atoms with Crippen LogP contribution in [0.1, 0.15) is 15.9 Å². The Morgan fingerprint density at radius 2 is 2.08 bits per heavy atom. The summed E-state index contributed by atoms with van der Waals surface area (Å²) in [5.74, 6) is 0.278. The molecule has 2 saturated heterocycles. The largest absolute Gasteiger partial charge is 0.388 e. The first kappa shape index (κ1) is 15.9. The van der Waals surface area contributed by atoms with E-state index in [9.17, 15) is 4.79 Å². The van der Waals surface area contributed by atoms with Crippen LogP contribution >= 0.6 is 0 Å². The number of carbonyl (C=O) groups excluding carboxylic acids is 1. The Morgan fingerprint density at radius 3 is 2.68 bits per heavy atom. The van der Waals surface area contributed by atoms with Crippen LogP contribution in [-0.2, 0) is 0 Å². The van der Waals surface area contributed by atoms with Crippen molar-refractivity contribution >= 4 is 17.4 Å². The maximum Gasteiger partial charge on any atom is 0.257 e. The number of aryl methyl sites for hydroxylation is 1. The van der Waals surface area contributed by atoms with E-state index in [1.54, 1.807) is 6.20 Å². The summed E-state index contributed by atoms with van der Waals surface area (Å²) in [5, 5.41) is 6.41. The highest BCUT2D eigenvalue weighted by atomic mass is 16.2. The van der Waals surface area contributed by atoms with Crippen LogP contribution in [0.25, 0.3) is 11.1 Å². The SMILES string of the molecule is CNc1ccc(-c2cnc(N)c(C(=O)N3CC4(CNC4)C3)c2)c(C)c1. The minimum atomic E-state index is -0.0196. The predicted molar refractivity (Wildman–Crippen MR) is 99.6 cm³/mol. The highest BCUT2D eigenvalue weighted by Gasteiger charge is 2.49. The van der Waals surface area contributed by atoms with Gasteiger partial charge in [0.2, 0.25) is 0 Å². The number of carbonyl (C=O) groups is 1. The van der Waals surface area contributed by atoms with Gasteiger partial charge in [-0.1, -0.05) is 6.07 Å². The highest BCUT2D eigenvalue weighted by molar-refractivity contribution is 6.00. The summed E-state index contributed by atoms with van der Waals surface area (Å²) >= 11 is 0. The molecule has 0 saturated carbocycles. The van der Waals surface area contributed by atoms with Gasteiger partial charge >= 0.3 is 0 Å². The standard InChI is InChI=1S/C19H23N5O/c1-12-5-14(21-2)3-4-15(12)13-6-16(17(20)23-7-13)18(25)24-10-19(11-24)8-22-9-19/h3-7,21-22H,8-11H2,1-2H3,(H2,20,23). The lowest BCUT2D eigenvalue weighted by Gasteiger charge is -2.56. The van der Waals surface area contributed by atoms with Crippen molar-refractivity contribution in [1.29, 1.82) is 0 Å². The fraction of sp³-hybridized carbons (Fsp3) is 0.368. The van der Waals surface area contributed by atoms with Crippen molar-refractivity contribution in [2.24, 2.45) is 5.41 Å². The van der Waals surface area contributed by atoms with Gasteiger partial charge in [0.05, 0.1) is 5.56 Å². The molecule has 2 aromatic rings. The van der Waals surface area contributed by atoms with Crippen LogP contribution in [0.15, 0.2) is 30.5 Å². The summed E-state index contributed by atoms with van der Waals surface area (Å²) in [6.07, 6.45) is 1.74. The smallest absolute Gasteiger partial charge is 0.257 e. The fourth-order valence-corrected chi connectivity index (χ4v) is 3.72. The van der Waals surface area contributed by atoms with E-state index in [1.165, 1.54) is 0 Å². The van der Waals surface area contributed by atoms with Crippen LogP contribution in [0.2, 0.25) is 0 Å². The van der Waals surface area contributed by atoms with E-state index >= 15 is 0 Å². The Balaban J connectivity index is 1.61. The van der Waals surface area contributed by atoms with E-state index in [4.69, 9.17) is 5.73 Å². The zero-order valence-electron chi connectivity index (χ0n) is 14.6. The number of hydrogen-bond acceptors (Lipinski definition) is 5. The molecular formula is C19H23N5O. The van der Waals surface area contributed by atoms with Crippen molar-refractivity contribution in [2.45, 2.75) is 6.92 Å². The fourth-order valence-electron chi connectivity index (χ4n) is 3.72. The van der Waals surface area contributed by atoms with Gasteiger partial charge in [0, 0.05) is 56.1 Å². The number of hydrogen-bond donors (Lipinski definition) is 3. The maximum atomic E-state index is 12.8. The summed E-state index contributed by atoms with van der Waals surface area (Å²) in [7, 11) is 1.90. The second kappa shape index (κ2) is 5.74. The van der Waals surface area contributed by atoms with Crippen LogP contribution in [-0.4, -0.2) is 49.0 Å². The topological polar surface area (TPSA) is 83.3 Å². The summed E-state index contributed by atoms with van der Waals surface area (Å²) in [5.41, 5.74) is 11.0. The Kier molecular flexibility index (Phi) is 3.65. The van der Waals surface area contributed by atoms with Crippen molar-refractivity contribution in [3.8, 4) is 11.1 Å². The van der Waals surface area contributed by atoms with Gasteiger partial charge in [-0.05, 0) is 36.2 Å². The molecule has 6 heteroatoms. The second-order valence-corrected chi connectivity index (χ2v) is 7.20. The predicted octanol–water partition coefficient (Wildman–Crippen LogP) is 1.73. The Labute approximate surface area is 147 Å². The summed E-state index contributed by atoms with van der Waals surface area (Å²) in [6, 6.07) is 8.01. The number of nitrogens with zero attached hydrogens (tertiary/aromatic N) is 2. The maximum absolute atomic E-state index is 12.8. The summed E-state index contributed by atoms with van der Waals surface area (Å²) in [4.78, 5) is 19.0. The first-order chi connectivity index (χ1) is 12.0. The van der Waals surface area contributed by atoms with Crippen LogP contribution in [0.4, 0.5) is 11.5 Å². The van der Waals surface area contributed by atoms with Crippen molar-refractivity contribution in [1.82, 2.24) is 15.2 Å². The van der Waals surface area contributed by atoms with Crippen molar-refractivity contribution in [3.63, 3.8) is 0 Å². The number of aromatic nitrogens is 1. The van der Waals surface area contributed by atoms with Gasteiger partial charge in [-0.2, -0.15) is 0 Å². The molecule has 0 atom stereocenters. The number of benzene rings is 1. The zero-order chi connectivity index (χ0) is 17.6. The molecule has 2 aliphatic rings. The van der Waals surface area contributed by atoms with Crippen LogP contribution < -0.4 is 16.4 Å². The zero-order valence-corrected chi connectivity index (χ0v) is 14.6. The number of amides is 1. The number of likely N-dealkylation sites (tertiary alicyclic amines) is 1. The first-order valence-corrected chi connectivity index (χ1v) is 8.56. The molecule has 3 heterocycles. The molecule has 2 aliphatic heterocycles. The molecule has 0 radical (unpaired) electrons. The third-order valence-corrected chi connectivity index (χ3v) is 5.31. The Morgan fingerprint density at radius 1 is 1.32 bits per heavy atom. The van der Waals surface area contributed by atoms with Crippen LogP contribution in [0.3, 0.4) is 0 Å². The molecule has 0 unspecified atom stereocenters. The molecule has 1 aromatic heterocycles. The highest BCUT2D eigenvalue weighted by Crippen LogP contribution is 2.36. The molecule has 6 nitrogen and oxygen atoms in total. The molecule has 0 aliphatic carbocycles. The third-order valence-electron chi connectivity index (χ3n) is 5.31. The molecule has 1 amide bonds. The molecule has 1 aromatic carbocycles. The van der Waals surface area contributed by atoms with Crippen molar-refractivity contribution in [3.05, 3.63) is 41.6 Å². The lowest BCUT2D eigenvalue weighted by Crippen LogP contribution is -2.71. The van der Waals surface area contributed by atoms with E-state index in [-0.39, 0.29) is 5.91 Å². The van der Waals surface area contributed by atoms with E-state index in [2.05, 4.69) is 28.6 Å². The molecule has 130 valence electrons. The van der Waals surface area contributed by atoms with E-state index in [0.29, 0.717) is 16.8 Å². The van der Waals surface area contributed by atoms with E-state index in [0.717, 1.165) is 48.6 Å². The minimum Gasteiger partial charge on any atom is -0.388 e. The van der Waals surface area contributed by atoms with Gasteiger partial charge in [0.15, 0.2) is 0 Å². The normalized spacial score (nSPS) is 17.8. The summed E-state index contributed by atoms with van der Waals surface area (Å²) < 4.78 is 0. The van der Waals surface area contributed by atoms with E-state index < -0.39 is 0 Å². The molecule has 0 bridgehead atoms. The Bertz CT molecular complexity index is 836. The first-order valence-electron chi connectivity index (χ1n) is 8.56. The van der Waals surface area contributed by atoms with Gasteiger partial charge in [0.1, 0.15) is 5.82 Å². The second-order valence-electron chi connectivity index (χ2n) is 7.20. The number of pyridine rings is 1. The molecule has 4 N–H and O–H groups in total. The molecule has 2 fully saturated rings. The molecule has 25 heavy (non-hydrogen) atoms. The minimum absolute atomic E-state index is 0.0196. The average Bonchev–Trinajstić information content (AvgIpc) is 2.52. The molecular weight excluding hydrogens is 314 g/mol. The molecule has 4 rings (SSSR count). The number of nitrogen functional groups attached to an aromatic ring is 1. The Hall–Kier alpha value is -2.60. The number of anilines is 2.